The van der Waals surface area contributed by atoms with E-state index in [4.69, 9.17) is 4.74 Å². The lowest BCUT2D eigenvalue weighted by molar-refractivity contribution is -0.133. The first kappa shape index (κ1) is 18.6. The molecule has 3 fully saturated rings. The summed E-state index contributed by atoms with van der Waals surface area (Å²) in [5, 5.41) is 3.28. The van der Waals surface area contributed by atoms with Gasteiger partial charge in [0.1, 0.15) is 0 Å². The first-order valence-corrected chi connectivity index (χ1v) is 9.59. The van der Waals surface area contributed by atoms with Gasteiger partial charge in [-0.25, -0.2) is 0 Å². The summed E-state index contributed by atoms with van der Waals surface area (Å²) in [7, 11) is 1.70. The number of amides is 2. The Bertz CT molecular complexity index is 471. The van der Waals surface area contributed by atoms with Gasteiger partial charge < -0.3 is 19.9 Å². The number of methoxy groups -OCH3 is 1. The van der Waals surface area contributed by atoms with E-state index in [2.05, 4.69) is 10.2 Å². The average molecular weight is 352 g/mol. The van der Waals surface area contributed by atoms with Gasteiger partial charge in [0.15, 0.2) is 0 Å². The molecule has 0 saturated carbocycles. The maximum Gasteiger partial charge on any atom is 0.236 e. The summed E-state index contributed by atoms with van der Waals surface area (Å²) in [6.07, 6.45) is 3.63. The van der Waals surface area contributed by atoms with Crippen molar-refractivity contribution in [3.8, 4) is 0 Å². The van der Waals surface area contributed by atoms with Crippen LogP contribution in [0.3, 0.4) is 0 Å². The van der Waals surface area contributed by atoms with Gasteiger partial charge >= 0.3 is 0 Å². The van der Waals surface area contributed by atoms with Crippen LogP contribution in [0.5, 0.6) is 0 Å². The number of hydrogen-bond donors (Lipinski definition) is 1. The molecule has 3 aliphatic heterocycles. The van der Waals surface area contributed by atoms with Gasteiger partial charge in [0, 0.05) is 59.4 Å². The van der Waals surface area contributed by atoms with Crippen LogP contribution < -0.4 is 5.32 Å². The fourth-order valence-electron chi connectivity index (χ4n) is 4.31. The van der Waals surface area contributed by atoms with E-state index in [9.17, 15) is 9.59 Å². The molecule has 3 aliphatic rings. The number of likely N-dealkylation sites (tertiary alicyclic amines) is 2. The summed E-state index contributed by atoms with van der Waals surface area (Å²) in [5.74, 6) is 0.544. The van der Waals surface area contributed by atoms with Crippen LogP contribution in [-0.4, -0.2) is 99.1 Å². The van der Waals surface area contributed by atoms with Crippen molar-refractivity contribution in [2.24, 2.45) is 5.41 Å². The number of ether oxygens (including phenoxy) is 1. The molecular weight excluding hydrogens is 320 g/mol. The first-order chi connectivity index (χ1) is 12.1. The normalized spacial score (nSPS) is 24.3. The highest BCUT2D eigenvalue weighted by Crippen LogP contribution is 2.40. The van der Waals surface area contributed by atoms with Crippen LogP contribution in [0.1, 0.15) is 25.7 Å². The Balaban J connectivity index is 1.43. The Kier molecular flexibility index (Phi) is 6.30. The minimum Gasteiger partial charge on any atom is -0.385 e. The fraction of sp³-hybridized carbons (Fsp3) is 0.889. The van der Waals surface area contributed by atoms with E-state index in [0.717, 1.165) is 71.6 Å². The monoisotopic (exact) mass is 352 g/mol. The molecule has 0 aromatic rings. The molecular formula is C18H32N4O3. The molecule has 2 amide bonds. The van der Waals surface area contributed by atoms with Crippen LogP contribution >= 0.6 is 0 Å². The summed E-state index contributed by atoms with van der Waals surface area (Å²) >= 11 is 0. The Morgan fingerprint density at radius 3 is 2.60 bits per heavy atom. The van der Waals surface area contributed by atoms with Crippen LogP contribution in [0.25, 0.3) is 0 Å². The number of hydrogen-bond acceptors (Lipinski definition) is 5. The van der Waals surface area contributed by atoms with Crippen LogP contribution in [0.2, 0.25) is 0 Å². The highest BCUT2D eigenvalue weighted by Gasteiger charge is 2.44. The average Bonchev–Trinajstić information content (AvgIpc) is 2.93. The van der Waals surface area contributed by atoms with Crippen molar-refractivity contribution in [1.82, 2.24) is 20.0 Å². The second-order valence-electron chi connectivity index (χ2n) is 7.75. The Morgan fingerprint density at radius 2 is 1.92 bits per heavy atom. The van der Waals surface area contributed by atoms with Crippen molar-refractivity contribution in [2.75, 3.05) is 72.6 Å². The van der Waals surface area contributed by atoms with E-state index in [0.29, 0.717) is 25.5 Å². The lowest BCUT2D eigenvalue weighted by Gasteiger charge is -2.39. The molecule has 0 unspecified atom stereocenters. The molecule has 0 bridgehead atoms. The zero-order valence-electron chi connectivity index (χ0n) is 15.5. The smallest absolute Gasteiger partial charge is 0.236 e. The van der Waals surface area contributed by atoms with E-state index in [-0.39, 0.29) is 11.3 Å². The van der Waals surface area contributed by atoms with Gasteiger partial charge in [-0.05, 0) is 37.8 Å². The van der Waals surface area contributed by atoms with Crippen LogP contribution in [0.4, 0.5) is 0 Å². The summed E-state index contributed by atoms with van der Waals surface area (Å²) in [4.78, 5) is 31.0. The maximum atomic E-state index is 12.4. The zero-order chi connectivity index (χ0) is 17.7. The van der Waals surface area contributed by atoms with Gasteiger partial charge in [-0.2, -0.15) is 0 Å². The minimum absolute atomic E-state index is 0.138. The molecule has 3 rings (SSSR count). The van der Waals surface area contributed by atoms with Gasteiger partial charge in [-0.3, -0.25) is 14.5 Å². The van der Waals surface area contributed by atoms with Crippen molar-refractivity contribution in [1.29, 1.82) is 0 Å². The molecule has 7 heteroatoms. The third-order valence-electron chi connectivity index (χ3n) is 5.93. The van der Waals surface area contributed by atoms with Gasteiger partial charge in [-0.15, -0.1) is 0 Å². The number of piperidine rings is 1. The topological polar surface area (TPSA) is 65.1 Å². The van der Waals surface area contributed by atoms with Crippen LogP contribution in [-0.2, 0) is 14.3 Å². The lowest BCUT2D eigenvalue weighted by Crippen LogP contribution is -2.51. The minimum atomic E-state index is 0.138. The summed E-state index contributed by atoms with van der Waals surface area (Å²) < 4.78 is 5.09. The molecule has 0 aromatic heterocycles. The molecule has 0 aromatic carbocycles. The SMILES string of the molecule is COCCCN1CC2(CCN(CC(=O)N3CCNCC3)CC2)CC1=O. The van der Waals surface area contributed by atoms with E-state index in [1.54, 1.807) is 7.11 Å². The standard InChI is InChI=1S/C18H32N4O3/c1-25-12-2-7-22-15-18(13-16(22)23)3-8-20(9-4-18)14-17(24)21-10-5-19-6-11-21/h19H,2-15H2,1H3. The molecule has 7 nitrogen and oxygen atoms in total. The first-order valence-electron chi connectivity index (χ1n) is 9.59. The number of carbonyl (C=O) groups is 2. The van der Waals surface area contributed by atoms with Crippen molar-refractivity contribution in [2.45, 2.75) is 25.7 Å². The van der Waals surface area contributed by atoms with Crippen molar-refractivity contribution >= 4 is 11.8 Å². The number of nitrogens with zero attached hydrogens (tertiary/aromatic N) is 3. The molecule has 25 heavy (non-hydrogen) atoms. The van der Waals surface area contributed by atoms with E-state index in [1.807, 2.05) is 9.80 Å². The number of carbonyl (C=O) groups excluding carboxylic acids is 2. The van der Waals surface area contributed by atoms with Gasteiger partial charge in [-0.1, -0.05) is 0 Å². The second kappa shape index (κ2) is 8.47. The Labute approximate surface area is 150 Å². The van der Waals surface area contributed by atoms with Crippen molar-refractivity contribution in [3.05, 3.63) is 0 Å². The van der Waals surface area contributed by atoms with Crippen LogP contribution in [0.15, 0.2) is 0 Å². The molecule has 0 aliphatic carbocycles. The molecule has 1 N–H and O–H groups in total. The number of nitrogens with one attached hydrogen (secondary N) is 1. The molecule has 142 valence electrons. The summed E-state index contributed by atoms with van der Waals surface area (Å²) in [6, 6.07) is 0. The predicted octanol–water partition coefficient (Wildman–Crippen LogP) is -0.231. The van der Waals surface area contributed by atoms with E-state index < -0.39 is 0 Å². The van der Waals surface area contributed by atoms with E-state index >= 15 is 0 Å². The summed E-state index contributed by atoms with van der Waals surface area (Å²) in [6.45, 7) is 8.22. The molecule has 0 atom stereocenters. The zero-order valence-corrected chi connectivity index (χ0v) is 15.5. The Morgan fingerprint density at radius 1 is 1.20 bits per heavy atom. The fourth-order valence-corrected chi connectivity index (χ4v) is 4.31. The third kappa shape index (κ3) is 4.71. The van der Waals surface area contributed by atoms with Gasteiger partial charge in [0.05, 0.1) is 6.54 Å². The van der Waals surface area contributed by atoms with Gasteiger partial charge in [0.2, 0.25) is 11.8 Å². The predicted molar refractivity (Wildman–Crippen MR) is 95.2 cm³/mol. The molecule has 0 radical (unpaired) electrons. The number of rotatable bonds is 6. The third-order valence-corrected chi connectivity index (χ3v) is 5.93. The highest BCUT2D eigenvalue weighted by molar-refractivity contribution is 5.80. The second-order valence-corrected chi connectivity index (χ2v) is 7.75. The number of piperazine rings is 1. The molecule has 3 saturated heterocycles. The van der Waals surface area contributed by atoms with Gasteiger partial charge in [0.25, 0.3) is 0 Å². The van der Waals surface area contributed by atoms with E-state index in [1.165, 1.54) is 0 Å². The van der Waals surface area contributed by atoms with Crippen LogP contribution in [0, 0.1) is 5.41 Å². The summed E-state index contributed by atoms with van der Waals surface area (Å²) in [5.41, 5.74) is 0.138. The molecule has 3 heterocycles. The van der Waals surface area contributed by atoms with Crippen molar-refractivity contribution in [3.63, 3.8) is 0 Å². The quantitative estimate of drug-likeness (QED) is 0.669. The van der Waals surface area contributed by atoms with Crippen molar-refractivity contribution < 1.29 is 14.3 Å². The maximum absolute atomic E-state index is 12.4. The molecule has 1 spiro atoms. The largest absolute Gasteiger partial charge is 0.385 e. The lowest BCUT2D eigenvalue weighted by atomic mass is 9.77. The Hall–Kier alpha value is -1.18. The highest BCUT2D eigenvalue weighted by atomic mass is 16.5.